The second kappa shape index (κ2) is 7.41. The summed E-state index contributed by atoms with van der Waals surface area (Å²) in [6, 6.07) is 13.9. The molecule has 0 bridgehead atoms. The molecule has 2 amide bonds. The fraction of sp³-hybridized carbons (Fsp3) is 0.167. The lowest BCUT2D eigenvalue weighted by Crippen LogP contribution is -2.37. The molecule has 3 nitrogen and oxygen atoms in total. The Labute approximate surface area is 130 Å². The van der Waals surface area contributed by atoms with E-state index in [1.54, 1.807) is 23.1 Å². The maximum atomic E-state index is 13.5. The number of anilines is 1. The first-order valence-corrected chi connectivity index (χ1v) is 7.17. The average Bonchev–Trinajstić information content (AvgIpc) is 2.50. The molecule has 2 rings (SSSR count). The summed E-state index contributed by atoms with van der Waals surface area (Å²) < 4.78 is 13.5. The minimum atomic E-state index is -0.320. The zero-order valence-corrected chi connectivity index (χ0v) is 12.7. The number of benzene rings is 2. The molecule has 0 unspecified atom stereocenters. The van der Waals surface area contributed by atoms with E-state index in [-0.39, 0.29) is 11.8 Å². The molecule has 2 aromatic carbocycles. The highest BCUT2D eigenvalue weighted by atomic mass is 19.1. The molecule has 1 N–H and O–H groups in total. The van der Waals surface area contributed by atoms with Crippen LogP contribution in [0.25, 0.3) is 6.08 Å². The molecule has 114 valence electrons. The van der Waals surface area contributed by atoms with Crippen LogP contribution in [0.5, 0.6) is 0 Å². The van der Waals surface area contributed by atoms with Crippen LogP contribution in [0.15, 0.2) is 54.7 Å². The Bertz CT molecular complexity index is 682. The number of amides is 2. The Morgan fingerprint density at radius 2 is 2.00 bits per heavy atom. The van der Waals surface area contributed by atoms with Crippen LogP contribution in [-0.4, -0.2) is 12.6 Å². The summed E-state index contributed by atoms with van der Waals surface area (Å²) in [5.74, 6) is -0.320. The number of rotatable bonds is 4. The third kappa shape index (κ3) is 3.95. The predicted molar refractivity (Wildman–Crippen MR) is 88.2 cm³/mol. The van der Waals surface area contributed by atoms with Crippen molar-refractivity contribution >= 4 is 17.8 Å². The number of halogens is 1. The summed E-state index contributed by atoms with van der Waals surface area (Å²) in [7, 11) is 0. The number of aryl methyl sites for hydroxylation is 1. The van der Waals surface area contributed by atoms with Gasteiger partial charge in [-0.2, -0.15) is 0 Å². The summed E-state index contributed by atoms with van der Waals surface area (Å²) in [6.45, 7) is 4.43. The minimum Gasteiger partial charge on any atom is -0.314 e. The van der Waals surface area contributed by atoms with Crippen molar-refractivity contribution in [1.29, 1.82) is 0 Å². The largest absolute Gasteiger partial charge is 0.325 e. The molecule has 0 aliphatic rings. The SMILES string of the molecule is CCN(C(=O)N/C=C/c1ccccc1F)c1cccc(C)c1. The van der Waals surface area contributed by atoms with Gasteiger partial charge in [0, 0.05) is 24.0 Å². The number of urea groups is 1. The molecule has 2 aromatic rings. The Kier molecular flexibility index (Phi) is 5.31. The smallest absolute Gasteiger partial charge is 0.314 e. The first-order chi connectivity index (χ1) is 10.6. The maximum absolute atomic E-state index is 13.5. The summed E-state index contributed by atoms with van der Waals surface area (Å²) in [5.41, 5.74) is 2.35. The van der Waals surface area contributed by atoms with Crippen LogP contribution in [-0.2, 0) is 0 Å². The van der Waals surface area contributed by atoms with Crippen molar-refractivity contribution < 1.29 is 9.18 Å². The Hall–Kier alpha value is -2.62. The highest BCUT2D eigenvalue weighted by Gasteiger charge is 2.12. The van der Waals surface area contributed by atoms with Gasteiger partial charge in [0.15, 0.2) is 0 Å². The Morgan fingerprint density at radius 3 is 2.68 bits per heavy atom. The van der Waals surface area contributed by atoms with Gasteiger partial charge >= 0.3 is 6.03 Å². The van der Waals surface area contributed by atoms with Crippen molar-refractivity contribution in [3.63, 3.8) is 0 Å². The summed E-state index contributed by atoms with van der Waals surface area (Å²) >= 11 is 0. The number of hydrogen-bond donors (Lipinski definition) is 1. The van der Waals surface area contributed by atoms with Gasteiger partial charge in [0.1, 0.15) is 5.82 Å². The zero-order chi connectivity index (χ0) is 15.9. The van der Waals surface area contributed by atoms with Gasteiger partial charge < -0.3 is 5.32 Å². The van der Waals surface area contributed by atoms with Gasteiger partial charge in [0.2, 0.25) is 0 Å². The van der Waals surface area contributed by atoms with Crippen LogP contribution in [0, 0.1) is 12.7 Å². The van der Waals surface area contributed by atoms with E-state index in [1.807, 2.05) is 38.1 Å². The molecular weight excluding hydrogens is 279 g/mol. The molecule has 22 heavy (non-hydrogen) atoms. The van der Waals surface area contributed by atoms with Crippen LogP contribution in [0.1, 0.15) is 18.1 Å². The summed E-state index contributed by atoms with van der Waals surface area (Å²) in [4.78, 5) is 13.9. The number of carbonyl (C=O) groups is 1. The molecule has 0 saturated heterocycles. The molecular formula is C18H19FN2O. The van der Waals surface area contributed by atoms with E-state index in [4.69, 9.17) is 0 Å². The Balaban J connectivity index is 2.06. The fourth-order valence-corrected chi connectivity index (χ4v) is 2.13. The average molecular weight is 298 g/mol. The number of nitrogens with one attached hydrogen (secondary N) is 1. The molecule has 0 aromatic heterocycles. The van der Waals surface area contributed by atoms with Crippen LogP contribution in [0.3, 0.4) is 0 Å². The fourth-order valence-electron chi connectivity index (χ4n) is 2.13. The third-order valence-electron chi connectivity index (χ3n) is 3.25. The van der Waals surface area contributed by atoms with Crippen molar-refractivity contribution in [1.82, 2.24) is 5.32 Å². The van der Waals surface area contributed by atoms with Crippen molar-refractivity contribution in [3.05, 3.63) is 71.7 Å². The molecule has 0 saturated carbocycles. The third-order valence-corrected chi connectivity index (χ3v) is 3.25. The zero-order valence-electron chi connectivity index (χ0n) is 12.7. The standard InChI is InChI=1S/C18H19FN2O/c1-3-21(16-9-6-7-14(2)13-16)18(22)20-12-11-15-8-4-5-10-17(15)19/h4-13H,3H2,1-2H3,(H,20,22)/b12-11+. The van der Waals surface area contributed by atoms with Crippen LogP contribution < -0.4 is 10.2 Å². The van der Waals surface area contributed by atoms with Crippen molar-refractivity contribution in [2.45, 2.75) is 13.8 Å². The van der Waals surface area contributed by atoms with Gasteiger partial charge in [0.05, 0.1) is 0 Å². The van der Waals surface area contributed by atoms with Gasteiger partial charge in [-0.3, -0.25) is 4.90 Å². The van der Waals surface area contributed by atoms with E-state index < -0.39 is 0 Å². The van der Waals surface area contributed by atoms with Gasteiger partial charge in [-0.15, -0.1) is 0 Å². The van der Waals surface area contributed by atoms with Crippen LogP contribution >= 0.6 is 0 Å². The van der Waals surface area contributed by atoms with Crippen LogP contribution in [0.4, 0.5) is 14.9 Å². The minimum absolute atomic E-state index is 0.249. The van der Waals surface area contributed by atoms with E-state index in [1.165, 1.54) is 18.3 Å². The first-order valence-electron chi connectivity index (χ1n) is 7.17. The van der Waals surface area contributed by atoms with E-state index in [0.29, 0.717) is 12.1 Å². The Morgan fingerprint density at radius 1 is 1.23 bits per heavy atom. The highest BCUT2D eigenvalue weighted by Crippen LogP contribution is 2.15. The maximum Gasteiger partial charge on any atom is 0.325 e. The summed E-state index contributed by atoms with van der Waals surface area (Å²) in [6.07, 6.45) is 3.00. The lowest BCUT2D eigenvalue weighted by atomic mass is 10.2. The van der Waals surface area contributed by atoms with Crippen molar-refractivity contribution in [3.8, 4) is 0 Å². The quantitative estimate of drug-likeness (QED) is 0.894. The molecule has 0 heterocycles. The molecule has 0 spiro atoms. The summed E-state index contributed by atoms with van der Waals surface area (Å²) in [5, 5.41) is 2.67. The van der Waals surface area contributed by atoms with E-state index in [9.17, 15) is 9.18 Å². The molecule has 0 atom stereocenters. The van der Waals surface area contributed by atoms with Gasteiger partial charge in [-0.25, -0.2) is 9.18 Å². The van der Waals surface area contributed by atoms with Gasteiger partial charge in [-0.1, -0.05) is 30.3 Å². The number of nitrogens with zero attached hydrogens (tertiary/aromatic N) is 1. The molecule has 0 aliphatic carbocycles. The lowest BCUT2D eigenvalue weighted by Gasteiger charge is -2.20. The first kappa shape index (κ1) is 15.8. The van der Waals surface area contributed by atoms with E-state index in [2.05, 4.69) is 5.32 Å². The topological polar surface area (TPSA) is 32.3 Å². The normalized spacial score (nSPS) is 10.7. The second-order valence-electron chi connectivity index (χ2n) is 4.89. The highest BCUT2D eigenvalue weighted by molar-refractivity contribution is 5.92. The van der Waals surface area contributed by atoms with E-state index in [0.717, 1.165) is 11.3 Å². The van der Waals surface area contributed by atoms with Crippen molar-refractivity contribution in [2.24, 2.45) is 0 Å². The monoisotopic (exact) mass is 298 g/mol. The predicted octanol–water partition coefficient (Wildman–Crippen LogP) is 4.34. The molecule has 0 fully saturated rings. The molecule has 0 radical (unpaired) electrons. The molecule has 0 aliphatic heterocycles. The molecule has 4 heteroatoms. The lowest BCUT2D eigenvalue weighted by molar-refractivity contribution is 0.249. The van der Waals surface area contributed by atoms with Crippen molar-refractivity contribution in [2.75, 3.05) is 11.4 Å². The van der Waals surface area contributed by atoms with E-state index >= 15 is 0 Å². The van der Waals surface area contributed by atoms with Crippen LogP contribution in [0.2, 0.25) is 0 Å². The second-order valence-corrected chi connectivity index (χ2v) is 4.89. The van der Waals surface area contributed by atoms with Gasteiger partial charge in [0.25, 0.3) is 0 Å². The van der Waals surface area contributed by atoms with Gasteiger partial charge in [-0.05, 0) is 43.7 Å². The number of carbonyl (C=O) groups excluding carboxylic acids is 1. The number of hydrogen-bond acceptors (Lipinski definition) is 1.